The van der Waals surface area contributed by atoms with Crippen LogP contribution in [0.5, 0.6) is 0 Å². The Morgan fingerprint density at radius 2 is 2.36 bits per heavy atom. The fourth-order valence-corrected chi connectivity index (χ4v) is 1.96. The monoisotopic (exact) mass is 208 g/mol. The lowest BCUT2D eigenvalue weighted by Gasteiger charge is -2.11. The molecule has 1 rings (SSSR count). The number of thiophene rings is 1. The highest BCUT2D eigenvalue weighted by Gasteiger charge is 2.00. The van der Waals surface area contributed by atoms with Gasteiger partial charge in [0.1, 0.15) is 0 Å². The zero-order chi connectivity index (χ0) is 10.4. The molecule has 0 aliphatic carbocycles. The molecule has 1 aromatic heterocycles. The van der Waals surface area contributed by atoms with Crippen molar-refractivity contribution in [2.45, 2.75) is 13.5 Å². The Morgan fingerprint density at radius 1 is 1.57 bits per heavy atom. The molecule has 2 N–H and O–H groups in total. The van der Waals surface area contributed by atoms with Gasteiger partial charge < -0.3 is 10.6 Å². The maximum absolute atomic E-state index is 5.31. The SMILES string of the molecule is CCN(C)Cc1cc(C#CCN)cs1. The zero-order valence-corrected chi connectivity index (χ0v) is 9.53. The molecule has 2 nitrogen and oxygen atoms in total. The lowest BCUT2D eigenvalue weighted by Crippen LogP contribution is -2.15. The van der Waals surface area contributed by atoms with Crippen LogP contribution in [0.15, 0.2) is 11.4 Å². The minimum Gasteiger partial charge on any atom is -0.320 e. The molecule has 1 aromatic rings. The summed E-state index contributed by atoms with van der Waals surface area (Å²) >= 11 is 1.76. The predicted octanol–water partition coefficient (Wildman–Crippen LogP) is 1.51. The van der Waals surface area contributed by atoms with Crippen molar-refractivity contribution in [1.29, 1.82) is 0 Å². The van der Waals surface area contributed by atoms with Crippen molar-refractivity contribution >= 4 is 11.3 Å². The molecule has 0 radical (unpaired) electrons. The Balaban J connectivity index is 2.59. The van der Waals surface area contributed by atoms with Crippen LogP contribution in [-0.2, 0) is 6.54 Å². The van der Waals surface area contributed by atoms with E-state index >= 15 is 0 Å². The van der Waals surface area contributed by atoms with Gasteiger partial charge in [0.25, 0.3) is 0 Å². The zero-order valence-electron chi connectivity index (χ0n) is 8.71. The highest BCUT2D eigenvalue weighted by molar-refractivity contribution is 7.10. The molecule has 0 aromatic carbocycles. The van der Waals surface area contributed by atoms with E-state index in [9.17, 15) is 0 Å². The summed E-state index contributed by atoms with van der Waals surface area (Å²) in [6, 6.07) is 2.14. The number of hydrogen-bond donors (Lipinski definition) is 1. The van der Waals surface area contributed by atoms with E-state index in [2.05, 4.69) is 42.2 Å². The summed E-state index contributed by atoms with van der Waals surface area (Å²) in [6.45, 7) is 4.66. The highest BCUT2D eigenvalue weighted by Crippen LogP contribution is 2.15. The molecular formula is C11H16N2S. The van der Waals surface area contributed by atoms with Crippen LogP contribution in [0, 0.1) is 11.8 Å². The molecule has 0 spiro atoms. The molecule has 0 fully saturated rings. The topological polar surface area (TPSA) is 29.3 Å². The summed E-state index contributed by atoms with van der Waals surface area (Å²) in [5.74, 6) is 5.89. The molecule has 76 valence electrons. The Hall–Kier alpha value is -0.820. The van der Waals surface area contributed by atoms with E-state index in [-0.39, 0.29) is 0 Å². The number of nitrogens with two attached hydrogens (primary N) is 1. The lowest BCUT2D eigenvalue weighted by molar-refractivity contribution is 0.349. The first-order chi connectivity index (χ1) is 6.76. The summed E-state index contributed by atoms with van der Waals surface area (Å²) < 4.78 is 0. The fraction of sp³-hybridized carbons (Fsp3) is 0.455. The molecule has 0 saturated carbocycles. The van der Waals surface area contributed by atoms with Gasteiger partial charge in [-0.1, -0.05) is 18.8 Å². The normalized spacial score (nSPS) is 10.0. The number of rotatable bonds is 3. The average molecular weight is 208 g/mol. The number of nitrogens with zero attached hydrogens (tertiary/aromatic N) is 1. The average Bonchev–Trinajstić information content (AvgIpc) is 2.62. The van der Waals surface area contributed by atoms with E-state index in [1.165, 1.54) is 4.88 Å². The van der Waals surface area contributed by atoms with Crippen molar-refractivity contribution in [3.8, 4) is 11.8 Å². The first-order valence-corrected chi connectivity index (χ1v) is 5.59. The van der Waals surface area contributed by atoms with Crippen LogP contribution in [0.1, 0.15) is 17.4 Å². The predicted molar refractivity (Wildman–Crippen MR) is 62.3 cm³/mol. The van der Waals surface area contributed by atoms with Crippen LogP contribution in [0.4, 0.5) is 0 Å². The van der Waals surface area contributed by atoms with Gasteiger partial charge in [-0.3, -0.25) is 0 Å². The van der Waals surface area contributed by atoms with E-state index in [0.717, 1.165) is 18.7 Å². The fourth-order valence-electron chi connectivity index (χ4n) is 1.06. The van der Waals surface area contributed by atoms with Crippen LogP contribution in [0.3, 0.4) is 0 Å². The van der Waals surface area contributed by atoms with E-state index in [4.69, 9.17) is 5.73 Å². The Labute approximate surface area is 89.7 Å². The molecule has 0 aliphatic heterocycles. The molecule has 0 aliphatic rings. The second kappa shape index (κ2) is 5.82. The summed E-state index contributed by atoms with van der Waals surface area (Å²) in [4.78, 5) is 3.63. The van der Waals surface area contributed by atoms with Crippen molar-refractivity contribution in [2.75, 3.05) is 20.1 Å². The third kappa shape index (κ3) is 3.51. The molecule has 1 heterocycles. The minimum atomic E-state index is 0.431. The Kier molecular flexibility index (Phi) is 4.68. The van der Waals surface area contributed by atoms with Crippen molar-refractivity contribution in [3.05, 3.63) is 21.9 Å². The van der Waals surface area contributed by atoms with Crippen LogP contribution in [-0.4, -0.2) is 25.0 Å². The Morgan fingerprint density at radius 3 is 3.00 bits per heavy atom. The molecule has 0 bridgehead atoms. The van der Waals surface area contributed by atoms with Crippen molar-refractivity contribution in [1.82, 2.24) is 4.90 Å². The van der Waals surface area contributed by atoms with Gasteiger partial charge >= 0.3 is 0 Å². The minimum absolute atomic E-state index is 0.431. The van der Waals surface area contributed by atoms with Crippen LogP contribution < -0.4 is 5.73 Å². The van der Waals surface area contributed by atoms with Gasteiger partial charge in [-0.05, 0) is 19.7 Å². The second-order valence-electron chi connectivity index (χ2n) is 3.14. The van der Waals surface area contributed by atoms with Gasteiger partial charge in [-0.15, -0.1) is 11.3 Å². The molecule has 0 amide bonds. The van der Waals surface area contributed by atoms with Crippen LogP contribution >= 0.6 is 11.3 Å². The second-order valence-corrected chi connectivity index (χ2v) is 4.13. The largest absolute Gasteiger partial charge is 0.320 e. The van der Waals surface area contributed by atoms with Crippen LogP contribution in [0.25, 0.3) is 0 Å². The smallest absolute Gasteiger partial charge is 0.0555 e. The van der Waals surface area contributed by atoms with Crippen molar-refractivity contribution in [2.24, 2.45) is 5.73 Å². The molecule has 0 unspecified atom stereocenters. The Bertz CT molecular complexity index is 333. The van der Waals surface area contributed by atoms with E-state index in [1.807, 2.05) is 0 Å². The quantitative estimate of drug-likeness (QED) is 0.763. The summed E-state index contributed by atoms with van der Waals surface area (Å²) in [6.07, 6.45) is 0. The van der Waals surface area contributed by atoms with Gasteiger partial charge in [0.15, 0.2) is 0 Å². The van der Waals surface area contributed by atoms with Crippen LogP contribution in [0.2, 0.25) is 0 Å². The summed E-state index contributed by atoms with van der Waals surface area (Å²) in [5.41, 5.74) is 6.39. The van der Waals surface area contributed by atoms with Gasteiger partial charge in [-0.2, -0.15) is 0 Å². The first kappa shape index (κ1) is 11.3. The molecule has 3 heteroatoms. The molecule has 0 atom stereocenters. The van der Waals surface area contributed by atoms with Crippen molar-refractivity contribution < 1.29 is 0 Å². The standard InChI is InChI=1S/C11H16N2S/c1-3-13(2)8-11-7-10(9-14-11)5-4-6-12/h7,9H,3,6,8,12H2,1-2H3. The lowest BCUT2D eigenvalue weighted by atomic mass is 10.3. The van der Waals surface area contributed by atoms with Crippen molar-refractivity contribution in [3.63, 3.8) is 0 Å². The maximum Gasteiger partial charge on any atom is 0.0555 e. The third-order valence-electron chi connectivity index (χ3n) is 1.95. The van der Waals surface area contributed by atoms with Gasteiger partial charge in [-0.25, -0.2) is 0 Å². The van der Waals surface area contributed by atoms with Gasteiger partial charge in [0, 0.05) is 22.4 Å². The van der Waals surface area contributed by atoms with E-state index in [1.54, 1.807) is 11.3 Å². The summed E-state index contributed by atoms with van der Waals surface area (Å²) in [7, 11) is 2.12. The van der Waals surface area contributed by atoms with E-state index in [0.29, 0.717) is 6.54 Å². The first-order valence-electron chi connectivity index (χ1n) is 4.71. The summed E-state index contributed by atoms with van der Waals surface area (Å²) in [5, 5.41) is 2.08. The third-order valence-corrected chi connectivity index (χ3v) is 2.88. The number of hydrogen-bond acceptors (Lipinski definition) is 3. The molecular weight excluding hydrogens is 192 g/mol. The van der Waals surface area contributed by atoms with Gasteiger partial charge in [0.2, 0.25) is 0 Å². The van der Waals surface area contributed by atoms with Gasteiger partial charge in [0.05, 0.1) is 6.54 Å². The van der Waals surface area contributed by atoms with E-state index < -0.39 is 0 Å². The molecule has 14 heavy (non-hydrogen) atoms. The highest BCUT2D eigenvalue weighted by atomic mass is 32.1. The molecule has 0 saturated heterocycles. The maximum atomic E-state index is 5.31.